The first-order chi connectivity index (χ1) is 5.12. The number of nitrogens with zero attached hydrogens (tertiary/aromatic N) is 1. The van der Waals surface area contributed by atoms with Crippen LogP contribution in [0.5, 0.6) is 0 Å². The summed E-state index contributed by atoms with van der Waals surface area (Å²) in [6.07, 6.45) is 7.50. The number of quaternary nitrogens is 1. The van der Waals surface area contributed by atoms with Gasteiger partial charge in [-0.2, -0.15) is 0 Å². The maximum Gasteiger partial charge on any atom is 0.0918 e. The maximum absolute atomic E-state index is 2.37. The highest BCUT2D eigenvalue weighted by molar-refractivity contribution is 4.78. The second kappa shape index (κ2) is 3.40. The SMILES string of the molecule is CC(C)/C=C/[N+]1(C)CCCC1. The molecule has 1 nitrogen and oxygen atoms in total. The third-order valence-corrected chi connectivity index (χ3v) is 2.42. The van der Waals surface area contributed by atoms with Gasteiger partial charge in [0.15, 0.2) is 0 Å². The van der Waals surface area contributed by atoms with Crippen LogP contribution in [-0.2, 0) is 0 Å². The topological polar surface area (TPSA) is 0 Å². The summed E-state index contributed by atoms with van der Waals surface area (Å²) in [6, 6.07) is 0. The Bertz CT molecular complexity index is 141. The van der Waals surface area contributed by atoms with E-state index in [1.807, 2.05) is 0 Å². The largest absolute Gasteiger partial charge is 0.300 e. The van der Waals surface area contributed by atoms with Crippen molar-refractivity contribution < 1.29 is 4.48 Å². The van der Waals surface area contributed by atoms with Crippen LogP contribution in [0, 0.1) is 5.92 Å². The van der Waals surface area contributed by atoms with Crippen LogP contribution in [0.1, 0.15) is 26.7 Å². The summed E-state index contributed by atoms with van der Waals surface area (Å²) >= 11 is 0. The van der Waals surface area contributed by atoms with E-state index < -0.39 is 0 Å². The molecule has 1 heteroatoms. The van der Waals surface area contributed by atoms with Gasteiger partial charge in [-0.1, -0.05) is 13.8 Å². The zero-order valence-electron chi connectivity index (χ0n) is 8.01. The second-order valence-corrected chi connectivity index (χ2v) is 4.22. The van der Waals surface area contributed by atoms with E-state index in [0.717, 1.165) is 4.48 Å². The lowest BCUT2D eigenvalue weighted by Crippen LogP contribution is -2.34. The van der Waals surface area contributed by atoms with Gasteiger partial charge in [-0.25, -0.2) is 0 Å². The molecule has 1 fully saturated rings. The average Bonchev–Trinajstić information content (AvgIpc) is 2.33. The smallest absolute Gasteiger partial charge is 0.0918 e. The molecule has 0 aromatic rings. The predicted octanol–water partition coefficient (Wildman–Crippen LogP) is 2.40. The molecule has 0 N–H and O–H groups in total. The minimum absolute atomic E-state index is 0.700. The Morgan fingerprint density at radius 2 is 1.73 bits per heavy atom. The van der Waals surface area contributed by atoms with Crippen LogP contribution < -0.4 is 0 Å². The Labute approximate surface area is 70.3 Å². The van der Waals surface area contributed by atoms with E-state index in [2.05, 4.69) is 33.2 Å². The van der Waals surface area contributed by atoms with E-state index in [1.165, 1.54) is 25.9 Å². The number of rotatable bonds is 2. The number of hydrogen-bond donors (Lipinski definition) is 0. The summed E-state index contributed by atoms with van der Waals surface area (Å²) < 4.78 is 1.16. The first-order valence-electron chi connectivity index (χ1n) is 4.66. The van der Waals surface area contributed by atoms with Gasteiger partial charge in [0.2, 0.25) is 0 Å². The minimum Gasteiger partial charge on any atom is -0.300 e. The molecule has 0 atom stereocenters. The highest BCUT2D eigenvalue weighted by atomic mass is 15.3. The third-order valence-electron chi connectivity index (χ3n) is 2.42. The number of hydrogen-bond acceptors (Lipinski definition) is 0. The summed E-state index contributed by atoms with van der Waals surface area (Å²) in [7, 11) is 2.33. The van der Waals surface area contributed by atoms with Gasteiger partial charge in [-0.15, -0.1) is 0 Å². The van der Waals surface area contributed by atoms with Crippen LogP contribution in [0.4, 0.5) is 0 Å². The van der Waals surface area contributed by atoms with Crippen molar-refractivity contribution in [3.05, 3.63) is 12.3 Å². The summed E-state index contributed by atoms with van der Waals surface area (Å²) in [5.41, 5.74) is 0. The Hall–Kier alpha value is -0.300. The molecule has 1 saturated heterocycles. The highest BCUT2D eigenvalue weighted by Gasteiger charge is 2.23. The molecule has 1 aliphatic rings. The summed E-state index contributed by atoms with van der Waals surface area (Å²) in [4.78, 5) is 0. The van der Waals surface area contributed by atoms with Crippen LogP contribution in [0.25, 0.3) is 0 Å². The van der Waals surface area contributed by atoms with Crippen molar-refractivity contribution in [1.82, 2.24) is 0 Å². The molecule has 0 aromatic heterocycles. The normalized spacial score (nSPS) is 23.6. The van der Waals surface area contributed by atoms with E-state index in [4.69, 9.17) is 0 Å². The van der Waals surface area contributed by atoms with Crippen molar-refractivity contribution in [1.29, 1.82) is 0 Å². The Morgan fingerprint density at radius 3 is 2.18 bits per heavy atom. The fourth-order valence-electron chi connectivity index (χ4n) is 1.59. The second-order valence-electron chi connectivity index (χ2n) is 4.22. The number of allylic oxidation sites excluding steroid dienone is 1. The van der Waals surface area contributed by atoms with Crippen LogP contribution >= 0.6 is 0 Å². The molecule has 0 radical (unpaired) electrons. The van der Waals surface area contributed by atoms with E-state index in [1.54, 1.807) is 0 Å². The van der Waals surface area contributed by atoms with Crippen molar-refractivity contribution in [2.45, 2.75) is 26.7 Å². The van der Waals surface area contributed by atoms with Crippen LogP contribution in [-0.4, -0.2) is 24.6 Å². The maximum atomic E-state index is 2.37. The van der Waals surface area contributed by atoms with Crippen LogP contribution in [0.2, 0.25) is 0 Å². The lowest BCUT2D eigenvalue weighted by molar-refractivity contribution is -0.846. The zero-order chi connectivity index (χ0) is 8.32. The van der Waals surface area contributed by atoms with Crippen molar-refractivity contribution in [3.63, 3.8) is 0 Å². The van der Waals surface area contributed by atoms with Gasteiger partial charge in [0.1, 0.15) is 0 Å². The quantitative estimate of drug-likeness (QED) is 0.536. The number of likely N-dealkylation sites (tertiary alicyclic amines) is 1. The van der Waals surface area contributed by atoms with Gasteiger partial charge in [-0.3, -0.25) is 4.48 Å². The molecule has 0 unspecified atom stereocenters. The van der Waals surface area contributed by atoms with E-state index >= 15 is 0 Å². The summed E-state index contributed by atoms with van der Waals surface area (Å²) in [5.74, 6) is 0.700. The molecule has 0 aromatic carbocycles. The standard InChI is InChI=1S/C10H20N/c1-10(2)6-9-11(3)7-4-5-8-11/h6,9-10H,4-5,7-8H2,1-3H3/q+1/b9-6+. The molecule has 0 saturated carbocycles. The van der Waals surface area contributed by atoms with Gasteiger partial charge in [-0.05, 0) is 12.0 Å². The molecular formula is C10H20N+. The lowest BCUT2D eigenvalue weighted by atomic mass is 10.2. The zero-order valence-corrected chi connectivity index (χ0v) is 8.01. The monoisotopic (exact) mass is 154 g/mol. The van der Waals surface area contributed by atoms with Gasteiger partial charge >= 0.3 is 0 Å². The van der Waals surface area contributed by atoms with Gasteiger partial charge < -0.3 is 0 Å². The van der Waals surface area contributed by atoms with Crippen molar-refractivity contribution in [3.8, 4) is 0 Å². The summed E-state index contributed by atoms with van der Waals surface area (Å²) in [5, 5.41) is 0. The highest BCUT2D eigenvalue weighted by Crippen LogP contribution is 2.17. The molecule has 1 rings (SSSR count). The molecule has 11 heavy (non-hydrogen) atoms. The van der Waals surface area contributed by atoms with Crippen molar-refractivity contribution in [2.75, 3.05) is 20.1 Å². The molecule has 0 bridgehead atoms. The third kappa shape index (κ3) is 2.66. The van der Waals surface area contributed by atoms with E-state index in [9.17, 15) is 0 Å². The minimum atomic E-state index is 0.700. The molecular weight excluding hydrogens is 134 g/mol. The lowest BCUT2D eigenvalue weighted by Gasteiger charge is -2.23. The van der Waals surface area contributed by atoms with Gasteiger partial charge in [0.25, 0.3) is 0 Å². The molecule has 1 aliphatic heterocycles. The Balaban J connectivity index is 2.45. The average molecular weight is 154 g/mol. The molecule has 1 heterocycles. The first kappa shape index (κ1) is 8.79. The van der Waals surface area contributed by atoms with E-state index in [-0.39, 0.29) is 0 Å². The van der Waals surface area contributed by atoms with Gasteiger partial charge in [0.05, 0.1) is 26.3 Å². The van der Waals surface area contributed by atoms with Crippen molar-refractivity contribution in [2.24, 2.45) is 5.92 Å². The molecule has 0 aliphatic carbocycles. The van der Waals surface area contributed by atoms with Crippen LogP contribution in [0.15, 0.2) is 12.3 Å². The Morgan fingerprint density at radius 1 is 1.18 bits per heavy atom. The molecule has 0 amide bonds. The fraction of sp³-hybridized carbons (Fsp3) is 0.800. The molecule has 64 valence electrons. The van der Waals surface area contributed by atoms with E-state index in [0.29, 0.717) is 5.92 Å². The fourth-order valence-corrected chi connectivity index (χ4v) is 1.59. The van der Waals surface area contributed by atoms with Gasteiger partial charge in [0, 0.05) is 12.8 Å². The molecule has 0 spiro atoms. The summed E-state index contributed by atoms with van der Waals surface area (Å²) in [6.45, 7) is 7.14. The van der Waals surface area contributed by atoms with Crippen LogP contribution in [0.3, 0.4) is 0 Å². The van der Waals surface area contributed by atoms with Crippen molar-refractivity contribution >= 4 is 0 Å². The predicted molar refractivity (Wildman–Crippen MR) is 49.1 cm³/mol. The Kier molecular flexibility index (Phi) is 2.72. The first-order valence-corrected chi connectivity index (χ1v) is 4.66.